The molecule has 3 aliphatic rings. The second kappa shape index (κ2) is 7.92. The van der Waals surface area contributed by atoms with Gasteiger partial charge in [0.2, 0.25) is 12.3 Å². The molecular formula is C24H26N3O3PS. The Hall–Kier alpha value is -2.31. The number of likely N-dealkylation sites (N-methyl/N-ethyl adjacent to an activating group) is 1. The molecule has 2 aromatic rings. The molecule has 1 saturated heterocycles. The topological polar surface area (TPSA) is 54.4 Å². The number of amides is 1. The molecular weight excluding hydrogens is 441 g/mol. The minimum Gasteiger partial charge on any atom is -0.430 e. The highest BCUT2D eigenvalue weighted by Crippen LogP contribution is 2.65. The van der Waals surface area contributed by atoms with Crippen LogP contribution in [0.5, 0.6) is 0 Å². The number of benzene rings is 2. The molecule has 2 aromatic carbocycles. The monoisotopic (exact) mass is 467 g/mol. The highest BCUT2D eigenvalue weighted by molar-refractivity contribution is 8.13. The van der Waals surface area contributed by atoms with Crippen molar-refractivity contribution < 1.29 is 14.1 Å². The number of anilines is 1. The van der Waals surface area contributed by atoms with Crippen LogP contribution in [0.25, 0.3) is 0 Å². The Bertz CT molecular complexity index is 1190. The molecule has 32 heavy (non-hydrogen) atoms. The van der Waals surface area contributed by atoms with Gasteiger partial charge >= 0.3 is 0 Å². The lowest BCUT2D eigenvalue weighted by atomic mass is 9.83. The Labute approximate surface area is 193 Å². The normalized spacial score (nSPS) is 27.7. The van der Waals surface area contributed by atoms with Crippen LogP contribution in [0.1, 0.15) is 25.0 Å². The third-order valence-electron chi connectivity index (χ3n) is 6.37. The highest BCUT2D eigenvalue weighted by atomic mass is 32.4. The lowest BCUT2D eigenvalue weighted by Gasteiger charge is -2.41. The first kappa shape index (κ1) is 21.5. The molecule has 8 heteroatoms. The number of carbonyl (C=O) groups excluding carboxylic acids is 1. The van der Waals surface area contributed by atoms with Crippen LogP contribution in [0.15, 0.2) is 70.6 Å². The molecule has 3 heterocycles. The van der Waals surface area contributed by atoms with Gasteiger partial charge in [-0.05, 0) is 35.6 Å². The summed E-state index contributed by atoms with van der Waals surface area (Å²) in [6.07, 6.45) is -2.93. The van der Waals surface area contributed by atoms with E-state index in [9.17, 15) is 4.79 Å². The molecule has 0 radical (unpaired) electrons. The number of morpholine rings is 1. The van der Waals surface area contributed by atoms with Crippen molar-refractivity contribution in [3.05, 3.63) is 76.7 Å². The summed E-state index contributed by atoms with van der Waals surface area (Å²) in [6, 6.07) is 17.8. The number of carbonyl (C=O) groups is 1. The lowest BCUT2D eigenvalue weighted by molar-refractivity contribution is -0.114. The average molecular weight is 468 g/mol. The number of allylic oxidation sites excluding steroid dienone is 1. The smallest absolute Gasteiger partial charge is 0.287 e. The Balaban J connectivity index is 1.74. The molecule has 0 saturated carbocycles. The van der Waals surface area contributed by atoms with E-state index in [0.717, 1.165) is 16.9 Å². The minimum absolute atomic E-state index is 0.298. The van der Waals surface area contributed by atoms with Gasteiger partial charge < -0.3 is 14.2 Å². The maximum Gasteiger partial charge on any atom is 0.287 e. The van der Waals surface area contributed by atoms with Crippen LogP contribution in [0.4, 0.5) is 5.69 Å². The summed E-state index contributed by atoms with van der Waals surface area (Å²) in [5.41, 5.74) is 3.48. The second-order valence-electron chi connectivity index (χ2n) is 8.66. The average Bonchev–Trinajstić information content (AvgIpc) is 3.01. The van der Waals surface area contributed by atoms with E-state index in [1.54, 1.807) is 0 Å². The molecule has 1 fully saturated rings. The standard InChI is InChI=1S/C24H26N3O3PS/c1-24(2)18-11-7-8-12-19(18)26(3)21(24)20-22(28)25-23(17-9-5-4-6-10-17)30-31(20,32)27-13-15-29-16-14-27/h4-12H,13-16H2,1-3H3/b21-20-. The van der Waals surface area contributed by atoms with E-state index in [-0.39, 0.29) is 5.91 Å². The fourth-order valence-electron chi connectivity index (χ4n) is 4.82. The quantitative estimate of drug-likeness (QED) is 0.486. The van der Waals surface area contributed by atoms with Crippen molar-refractivity contribution in [1.29, 1.82) is 0 Å². The second-order valence-corrected chi connectivity index (χ2v) is 12.4. The van der Waals surface area contributed by atoms with Gasteiger partial charge in [0.1, 0.15) is 5.31 Å². The van der Waals surface area contributed by atoms with E-state index in [4.69, 9.17) is 21.1 Å². The summed E-state index contributed by atoms with van der Waals surface area (Å²) in [5.74, 6) is 0.0124. The van der Waals surface area contributed by atoms with Crippen molar-refractivity contribution in [3.63, 3.8) is 0 Å². The number of nitrogens with zero attached hydrogens (tertiary/aromatic N) is 3. The third kappa shape index (κ3) is 3.27. The Morgan fingerprint density at radius 3 is 2.38 bits per heavy atom. The number of aliphatic imine (C=N–C) groups is 1. The summed E-state index contributed by atoms with van der Waals surface area (Å²) in [7, 11) is 2.00. The zero-order chi connectivity index (χ0) is 22.5. The molecule has 1 unspecified atom stereocenters. The van der Waals surface area contributed by atoms with Gasteiger partial charge in [0.15, 0.2) is 0 Å². The van der Waals surface area contributed by atoms with Crippen molar-refractivity contribution in [2.24, 2.45) is 4.99 Å². The summed E-state index contributed by atoms with van der Waals surface area (Å²) in [4.78, 5) is 20.3. The van der Waals surface area contributed by atoms with Crippen LogP contribution in [-0.2, 0) is 31.3 Å². The number of ether oxygens (including phenoxy) is 1. The summed E-state index contributed by atoms with van der Waals surface area (Å²) in [5, 5.41) is 0.526. The van der Waals surface area contributed by atoms with Crippen LogP contribution in [0.2, 0.25) is 0 Å². The van der Waals surface area contributed by atoms with Crippen LogP contribution in [-0.4, -0.2) is 49.8 Å². The van der Waals surface area contributed by atoms with E-state index in [2.05, 4.69) is 40.5 Å². The maximum atomic E-state index is 13.8. The molecule has 6 nitrogen and oxygen atoms in total. The first-order chi connectivity index (χ1) is 15.3. The van der Waals surface area contributed by atoms with Gasteiger partial charge in [-0.3, -0.25) is 4.79 Å². The summed E-state index contributed by atoms with van der Waals surface area (Å²) < 4.78 is 14.3. The zero-order valence-electron chi connectivity index (χ0n) is 18.4. The molecule has 1 amide bonds. The van der Waals surface area contributed by atoms with E-state index in [1.807, 2.05) is 49.5 Å². The molecule has 1 atom stereocenters. The van der Waals surface area contributed by atoms with E-state index < -0.39 is 11.8 Å². The number of fused-ring (bicyclic) bond motifs is 1. The van der Waals surface area contributed by atoms with Gasteiger partial charge in [-0.1, -0.05) is 50.2 Å². The number of hydrogen-bond donors (Lipinski definition) is 0. The maximum absolute atomic E-state index is 13.8. The van der Waals surface area contributed by atoms with Crippen molar-refractivity contribution in [2.45, 2.75) is 19.3 Å². The first-order valence-corrected chi connectivity index (χ1v) is 13.4. The fraction of sp³-hybridized carbons (Fsp3) is 0.333. The number of para-hydroxylation sites is 1. The van der Waals surface area contributed by atoms with Crippen LogP contribution >= 0.6 is 6.42 Å². The Morgan fingerprint density at radius 1 is 1.03 bits per heavy atom. The van der Waals surface area contributed by atoms with Gasteiger partial charge in [-0.15, -0.1) is 0 Å². The first-order valence-electron chi connectivity index (χ1n) is 10.7. The lowest BCUT2D eigenvalue weighted by Crippen LogP contribution is -2.39. The van der Waals surface area contributed by atoms with Crippen molar-refractivity contribution in [1.82, 2.24) is 4.67 Å². The fourth-order valence-corrected chi connectivity index (χ4v) is 8.56. The highest BCUT2D eigenvalue weighted by Gasteiger charge is 2.50. The van der Waals surface area contributed by atoms with Gasteiger partial charge in [0.05, 0.1) is 13.2 Å². The molecule has 0 aromatic heterocycles. The van der Waals surface area contributed by atoms with Gasteiger partial charge in [-0.2, -0.15) is 4.99 Å². The van der Waals surface area contributed by atoms with Crippen LogP contribution < -0.4 is 4.90 Å². The molecule has 0 bridgehead atoms. The molecule has 5 rings (SSSR count). The van der Waals surface area contributed by atoms with E-state index >= 15 is 0 Å². The van der Waals surface area contributed by atoms with Crippen molar-refractivity contribution in [2.75, 3.05) is 38.3 Å². The predicted octanol–water partition coefficient (Wildman–Crippen LogP) is 4.27. The third-order valence-corrected chi connectivity index (χ3v) is 10.4. The van der Waals surface area contributed by atoms with Gasteiger partial charge in [0.25, 0.3) is 5.91 Å². The Kier molecular flexibility index (Phi) is 5.33. The number of rotatable bonds is 2. The van der Waals surface area contributed by atoms with Gasteiger partial charge in [-0.25, -0.2) is 4.67 Å². The van der Waals surface area contributed by atoms with Crippen molar-refractivity contribution in [3.8, 4) is 0 Å². The van der Waals surface area contributed by atoms with Gasteiger partial charge in [0, 0.05) is 42.5 Å². The van der Waals surface area contributed by atoms with Crippen LogP contribution in [0.3, 0.4) is 0 Å². The molecule has 0 aliphatic carbocycles. The molecule has 0 spiro atoms. The van der Waals surface area contributed by atoms with E-state index in [1.165, 1.54) is 5.56 Å². The minimum atomic E-state index is -2.93. The zero-order valence-corrected chi connectivity index (χ0v) is 20.2. The largest absolute Gasteiger partial charge is 0.430 e. The van der Waals surface area contributed by atoms with Crippen LogP contribution in [0, 0.1) is 0 Å². The van der Waals surface area contributed by atoms with E-state index in [0.29, 0.717) is 37.5 Å². The molecule has 166 valence electrons. The summed E-state index contributed by atoms with van der Waals surface area (Å²) in [6.45, 7) is 6.66. The molecule has 3 aliphatic heterocycles. The Morgan fingerprint density at radius 2 is 1.69 bits per heavy atom. The number of hydrogen-bond acceptors (Lipinski definition) is 5. The summed E-state index contributed by atoms with van der Waals surface area (Å²) >= 11 is 6.33. The predicted molar refractivity (Wildman–Crippen MR) is 131 cm³/mol. The van der Waals surface area contributed by atoms with Crippen molar-refractivity contribution >= 4 is 35.7 Å². The molecule has 0 N–H and O–H groups in total. The SMILES string of the molecule is CN1/C(=C2/C(=O)N=C(c3ccccc3)OP2(=S)N2CCOCC2)C(C)(C)c2ccccc21.